The Kier molecular flexibility index (Phi) is 6.91. The fourth-order valence-electron chi connectivity index (χ4n) is 4.27. The average molecular weight is 477 g/mol. The highest BCUT2D eigenvalue weighted by Crippen LogP contribution is 2.29. The number of benzene rings is 2. The SMILES string of the molecule is CCCc1cc(=O)oc2c(C)c(O[C@@H](C)C(=O)N[C@H](Cc3c[nH]c4ccccc34)C(=O)O)ccc12. The van der Waals surface area contributed by atoms with Gasteiger partial charge in [-0.1, -0.05) is 31.5 Å². The van der Waals surface area contributed by atoms with Gasteiger partial charge >= 0.3 is 11.6 Å². The smallest absolute Gasteiger partial charge is 0.336 e. The number of aromatic amines is 1. The molecule has 0 radical (unpaired) electrons. The lowest BCUT2D eigenvalue weighted by molar-refractivity contribution is -0.142. The topological polar surface area (TPSA) is 122 Å². The Balaban J connectivity index is 1.51. The minimum atomic E-state index is -1.14. The zero-order valence-electron chi connectivity index (χ0n) is 19.9. The van der Waals surface area contributed by atoms with E-state index < -0.39 is 29.6 Å². The Hall–Kier alpha value is -4.07. The van der Waals surface area contributed by atoms with Crippen LogP contribution < -0.4 is 15.7 Å². The van der Waals surface area contributed by atoms with Crippen molar-refractivity contribution < 1.29 is 23.8 Å². The van der Waals surface area contributed by atoms with Crippen LogP contribution in [0.3, 0.4) is 0 Å². The first-order valence-corrected chi connectivity index (χ1v) is 11.6. The summed E-state index contributed by atoms with van der Waals surface area (Å²) < 4.78 is 11.3. The van der Waals surface area contributed by atoms with Crippen molar-refractivity contribution in [3.05, 3.63) is 75.8 Å². The summed E-state index contributed by atoms with van der Waals surface area (Å²) in [6, 6.07) is 11.5. The number of fused-ring (bicyclic) bond motifs is 2. The third kappa shape index (κ3) is 5.06. The maximum Gasteiger partial charge on any atom is 0.336 e. The van der Waals surface area contributed by atoms with Gasteiger partial charge < -0.3 is 24.6 Å². The lowest BCUT2D eigenvalue weighted by atomic mass is 10.0. The summed E-state index contributed by atoms with van der Waals surface area (Å²) in [5, 5.41) is 14.0. The van der Waals surface area contributed by atoms with Crippen LogP contribution in [0.5, 0.6) is 5.75 Å². The Bertz CT molecular complexity index is 1450. The highest BCUT2D eigenvalue weighted by atomic mass is 16.5. The molecule has 0 saturated heterocycles. The number of carboxylic acid groups (broad SMARTS) is 1. The number of rotatable bonds is 9. The molecule has 0 saturated carbocycles. The molecule has 8 nitrogen and oxygen atoms in total. The zero-order chi connectivity index (χ0) is 25.1. The molecule has 0 aliphatic carbocycles. The first kappa shape index (κ1) is 24.1. The molecule has 0 spiro atoms. The average Bonchev–Trinajstić information content (AvgIpc) is 3.23. The van der Waals surface area contributed by atoms with Gasteiger partial charge in [0.1, 0.15) is 17.4 Å². The zero-order valence-corrected chi connectivity index (χ0v) is 19.9. The number of hydrogen-bond donors (Lipinski definition) is 3. The maximum atomic E-state index is 12.8. The van der Waals surface area contributed by atoms with Crippen molar-refractivity contribution in [1.29, 1.82) is 0 Å². The van der Waals surface area contributed by atoms with E-state index in [4.69, 9.17) is 9.15 Å². The predicted molar refractivity (Wildman–Crippen MR) is 133 cm³/mol. The van der Waals surface area contributed by atoms with E-state index in [0.717, 1.165) is 40.3 Å². The van der Waals surface area contributed by atoms with Crippen LogP contribution in [0.15, 0.2) is 57.9 Å². The standard InChI is InChI=1S/C27H28N2O6/c1-4-7-17-13-24(30)35-25-15(2)23(11-10-20(17)25)34-16(3)26(31)29-22(27(32)33)12-18-14-28-21-9-6-5-8-19(18)21/h5-6,8-11,13-14,16,22,28H,4,7,12H2,1-3H3,(H,29,31)(H,32,33)/t16-,22+/m0/s1. The largest absolute Gasteiger partial charge is 0.480 e. The summed E-state index contributed by atoms with van der Waals surface area (Å²) in [6.45, 7) is 5.35. The Morgan fingerprint density at radius 1 is 1.14 bits per heavy atom. The molecule has 2 aromatic carbocycles. The number of para-hydroxylation sites is 1. The van der Waals surface area contributed by atoms with Gasteiger partial charge in [0, 0.05) is 40.5 Å². The molecule has 1 amide bonds. The van der Waals surface area contributed by atoms with Gasteiger partial charge in [0.15, 0.2) is 6.10 Å². The van der Waals surface area contributed by atoms with Gasteiger partial charge in [-0.25, -0.2) is 9.59 Å². The number of carbonyl (C=O) groups excluding carboxylic acids is 1. The van der Waals surface area contributed by atoms with Gasteiger partial charge in [-0.15, -0.1) is 0 Å². The second-order valence-corrected chi connectivity index (χ2v) is 8.63. The van der Waals surface area contributed by atoms with Crippen LogP contribution in [0.4, 0.5) is 0 Å². The van der Waals surface area contributed by atoms with Crippen molar-refractivity contribution in [1.82, 2.24) is 10.3 Å². The van der Waals surface area contributed by atoms with E-state index in [1.165, 1.54) is 6.07 Å². The van der Waals surface area contributed by atoms with Gasteiger partial charge in [0.05, 0.1) is 0 Å². The molecule has 2 heterocycles. The van der Waals surface area contributed by atoms with E-state index in [0.29, 0.717) is 16.9 Å². The number of H-pyrrole nitrogens is 1. The van der Waals surface area contributed by atoms with Gasteiger partial charge in [0.2, 0.25) is 0 Å². The molecule has 0 aliphatic heterocycles. The third-order valence-corrected chi connectivity index (χ3v) is 6.10. The molecule has 0 bridgehead atoms. The molecule has 0 unspecified atom stereocenters. The highest BCUT2D eigenvalue weighted by molar-refractivity contribution is 5.89. The van der Waals surface area contributed by atoms with E-state index >= 15 is 0 Å². The third-order valence-electron chi connectivity index (χ3n) is 6.10. The molecule has 8 heteroatoms. The quantitative estimate of drug-likeness (QED) is 0.313. The maximum absolute atomic E-state index is 12.8. The van der Waals surface area contributed by atoms with Crippen molar-refractivity contribution in [2.45, 2.75) is 52.2 Å². The predicted octanol–water partition coefficient (Wildman–Crippen LogP) is 4.11. The fraction of sp³-hybridized carbons (Fsp3) is 0.296. The van der Waals surface area contributed by atoms with E-state index in [9.17, 15) is 19.5 Å². The molecule has 2 atom stereocenters. The second kappa shape index (κ2) is 10.0. The summed E-state index contributed by atoms with van der Waals surface area (Å²) in [5.41, 5.74) is 3.19. The van der Waals surface area contributed by atoms with Crippen LogP contribution in [-0.4, -0.2) is 34.1 Å². The van der Waals surface area contributed by atoms with Crippen molar-refractivity contribution in [3.63, 3.8) is 0 Å². The lowest BCUT2D eigenvalue weighted by Gasteiger charge is -2.20. The highest BCUT2D eigenvalue weighted by Gasteiger charge is 2.26. The Labute approximate surface area is 201 Å². The van der Waals surface area contributed by atoms with Crippen LogP contribution in [0.2, 0.25) is 0 Å². The Morgan fingerprint density at radius 3 is 2.66 bits per heavy atom. The van der Waals surface area contributed by atoms with E-state index in [1.54, 1.807) is 26.1 Å². The van der Waals surface area contributed by atoms with E-state index in [-0.39, 0.29) is 6.42 Å². The lowest BCUT2D eigenvalue weighted by Crippen LogP contribution is -2.47. The molecule has 4 rings (SSSR count). The van der Waals surface area contributed by atoms with Crippen molar-refractivity contribution in [2.24, 2.45) is 0 Å². The minimum absolute atomic E-state index is 0.123. The van der Waals surface area contributed by atoms with Crippen molar-refractivity contribution >= 4 is 33.7 Å². The molecule has 182 valence electrons. The number of aromatic nitrogens is 1. The summed E-state index contributed by atoms with van der Waals surface area (Å²) >= 11 is 0. The first-order chi connectivity index (χ1) is 16.8. The molecule has 4 aromatic rings. The summed E-state index contributed by atoms with van der Waals surface area (Å²) in [6.07, 6.45) is 2.54. The number of carbonyl (C=O) groups is 2. The normalized spacial score (nSPS) is 13.0. The molecule has 3 N–H and O–H groups in total. The summed E-state index contributed by atoms with van der Waals surface area (Å²) in [5.74, 6) is -1.30. The number of carboxylic acids is 1. The number of nitrogens with one attached hydrogen (secondary N) is 2. The van der Waals surface area contributed by atoms with E-state index in [1.807, 2.05) is 37.3 Å². The fourth-order valence-corrected chi connectivity index (χ4v) is 4.27. The first-order valence-electron chi connectivity index (χ1n) is 11.6. The van der Waals surface area contributed by atoms with Gasteiger partial charge in [-0.05, 0) is 49.6 Å². The van der Waals surface area contributed by atoms with Crippen LogP contribution in [0.25, 0.3) is 21.9 Å². The molecule has 35 heavy (non-hydrogen) atoms. The van der Waals surface area contributed by atoms with Crippen LogP contribution in [0, 0.1) is 6.92 Å². The monoisotopic (exact) mass is 476 g/mol. The number of hydrogen-bond acceptors (Lipinski definition) is 5. The van der Waals surface area contributed by atoms with E-state index in [2.05, 4.69) is 10.3 Å². The minimum Gasteiger partial charge on any atom is -0.480 e. The number of amides is 1. The van der Waals surface area contributed by atoms with Gasteiger partial charge in [-0.2, -0.15) is 0 Å². The van der Waals surface area contributed by atoms with Crippen LogP contribution >= 0.6 is 0 Å². The number of aryl methyl sites for hydroxylation is 2. The van der Waals surface area contributed by atoms with Crippen LogP contribution in [-0.2, 0) is 22.4 Å². The van der Waals surface area contributed by atoms with Gasteiger partial charge in [-0.3, -0.25) is 4.79 Å². The van der Waals surface area contributed by atoms with Crippen molar-refractivity contribution in [3.8, 4) is 5.75 Å². The van der Waals surface area contributed by atoms with Crippen molar-refractivity contribution in [2.75, 3.05) is 0 Å². The molecular formula is C27H28N2O6. The number of aliphatic carboxylic acids is 1. The van der Waals surface area contributed by atoms with Gasteiger partial charge in [0.25, 0.3) is 5.91 Å². The number of ether oxygens (including phenoxy) is 1. The second-order valence-electron chi connectivity index (χ2n) is 8.63. The summed E-state index contributed by atoms with van der Waals surface area (Å²) in [7, 11) is 0. The molecule has 2 aromatic heterocycles. The summed E-state index contributed by atoms with van der Waals surface area (Å²) in [4.78, 5) is 39.9. The molecule has 0 aliphatic rings. The molecular weight excluding hydrogens is 448 g/mol. The Morgan fingerprint density at radius 2 is 1.91 bits per heavy atom. The van der Waals surface area contributed by atoms with Crippen LogP contribution in [0.1, 0.15) is 37.0 Å². The molecule has 0 fully saturated rings.